The van der Waals surface area contributed by atoms with Crippen LogP contribution in [0, 0.1) is 0 Å². The van der Waals surface area contributed by atoms with Crippen LogP contribution in [0.25, 0.3) is 6.08 Å². The average Bonchev–Trinajstić information content (AvgIpc) is 2.83. The number of hydrogen-bond donors (Lipinski definition) is 1. The van der Waals surface area contributed by atoms with Gasteiger partial charge in [-0.15, -0.1) is 11.6 Å². The molecule has 1 fully saturated rings. The van der Waals surface area contributed by atoms with Crippen molar-refractivity contribution in [3.8, 4) is 0 Å². The van der Waals surface area contributed by atoms with Gasteiger partial charge in [0.2, 0.25) is 0 Å². The summed E-state index contributed by atoms with van der Waals surface area (Å²) in [5.74, 6) is 0.447. The van der Waals surface area contributed by atoms with Crippen molar-refractivity contribution >= 4 is 41.2 Å². The van der Waals surface area contributed by atoms with Crippen molar-refractivity contribution in [3.05, 3.63) is 40.5 Å². The number of hydrogen-bond acceptors (Lipinski definition) is 2. The van der Waals surface area contributed by atoms with Gasteiger partial charge in [0.05, 0.1) is 0 Å². The van der Waals surface area contributed by atoms with E-state index in [1.54, 1.807) is 30.3 Å². The first-order valence-corrected chi connectivity index (χ1v) is 9.19. The smallest absolute Gasteiger partial charge is 0.303 e. The standard InChI is InChI=1S/C18H22Cl2N2O2/c19-11-5-3-1-2-4-6-12-22-17(23)16(21-18(22)24)13-14-7-9-15(20)10-8-14/h7-10,13H,1-6,11-12H2,(H,21,24). The molecule has 0 saturated carbocycles. The Morgan fingerprint density at radius 1 is 0.958 bits per heavy atom. The van der Waals surface area contributed by atoms with E-state index in [9.17, 15) is 9.59 Å². The first kappa shape index (κ1) is 18.8. The lowest BCUT2D eigenvalue weighted by Crippen LogP contribution is -2.31. The van der Waals surface area contributed by atoms with Gasteiger partial charge in [-0.05, 0) is 36.6 Å². The van der Waals surface area contributed by atoms with Crippen LogP contribution in [0.15, 0.2) is 30.0 Å². The van der Waals surface area contributed by atoms with Gasteiger partial charge >= 0.3 is 6.03 Å². The first-order chi connectivity index (χ1) is 11.6. The molecule has 0 aliphatic carbocycles. The number of nitrogens with one attached hydrogen (secondary N) is 1. The maximum atomic E-state index is 12.3. The maximum absolute atomic E-state index is 12.3. The number of benzene rings is 1. The molecule has 130 valence electrons. The summed E-state index contributed by atoms with van der Waals surface area (Å²) in [6.07, 6.45) is 7.95. The second kappa shape index (κ2) is 9.70. The number of urea groups is 1. The summed E-state index contributed by atoms with van der Waals surface area (Å²) < 4.78 is 0. The molecule has 0 atom stereocenters. The van der Waals surface area contributed by atoms with Crippen molar-refractivity contribution in [1.82, 2.24) is 10.2 Å². The zero-order valence-electron chi connectivity index (χ0n) is 13.6. The molecule has 3 amide bonds. The molecule has 1 aromatic rings. The van der Waals surface area contributed by atoms with Crippen LogP contribution < -0.4 is 5.32 Å². The fourth-order valence-corrected chi connectivity index (χ4v) is 2.89. The molecule has 6 heteroatoms. The molecular weight excluding hydrogens is 347 g/mol. The van der Waals surface area contributed by atoms with Crippen LogP contribution in [-0.2, 0) is 4.79 Å². The third-order valence-corrected chi connectivity index (χ3v) is 4.43. The number of nitrogens with zero attached hydrogens (tertiary/aromatic N) is 1. The number of halogens is 2. The summed E-state index contributed by atoms with van der Waals surface area (Å²) in [4.78, 5) is 25.6. The molecule has 0 bridgehead atoms. The number of carbonyl (C=O) groups excluding carboxylic acids is 2. The molecular formula is C18H22Cl2N2O2. The topological polar surface area (TPSA) is 49.4 Å². The molecule has 2 rings (SSSR count). The van der Waals surface area contributed by atoms with E-state index in [2.05, 4.69) is 5.32 Å². The van der Waals surface area contributed by atoms with Crippen molar-refractivity contribution in [2.24, 2.45) is 0 Å². The van der Waals surface area contributed by atoms with Crippen LogP contribution in [0.3, 0.4) is 0 Å². The highest BCUT2D eigenvalue weighted by molar-refractivity contribution is 6.30. The van der Waals surface area contributed by atoms with Crippen LogP contribution in [0.2, 0.25) is 5.02 Å². The number of carbonyl (C=O) groups is 2. The molecule has 0 unspecified atom stereocenters. The van der Waals surface area contributed by atoms with Crippen LogP contribution in [0.4, 0.5) is 4.79 Å². The van der Waals surface area contributed by atoms with Crippen molar-refractivity contribution in [2.45, 2.75) is 38.5 Å². The van der Waals surface area contributed by atoms with Gasteiger partial charge in [0, 0.05) is 17.4 Å². The normalized spacial score (nSPS) is 16.1. The largest absolute Gasteiger partial charge is 0.329 e. The van der Waals surface area contributed by atoms with Crippen molar-refractivity contribution in [1.29, 1.82) is 0 Å². The van der Waals surface area contributed by atoms with Gasteiger partial charge in [-0.25, -0.2) is 4.79 Å². The van der Waals surface area contributed by atoms with Crippen LogP contribution >= 0.6 is 23.2 Å². The number of rotatable bonds is 9. The summed E-state index contributed by atoms with van der Waals surface area (Å²) in [5.41, 5.74) is 1.13. The first-order valence-electron chi connectivity index (χ1n) is 8.28. The highest BCUT2D eigenvalue weighted by Gasteiger charge is 2.32. The summed E-state index contributed by atoms with van der Waals surface area (Å²) in [5, 5.41) is 3.27. The van der Waals surface area contributed by atoms with Crippen molar-refractivity contribution in [3.63, 3.8) is 0 Å². The Morgan fingerprint density at radius 3 is 2.25 bits per heavy atom. The number of alkyl halides is 1. The summed E-state index contributed by atoms with van der Waals surface area (Å²) >= 11 is 11.5. The number of amides is 3. The van der Waals surface area contributed by atoms with Crippen LogP contribution in [-0.4, -0.2) is 29.3 Å². The number of unbranched alkanes of at least 4 members (excludes halogenated alkanes) is 5. The molecule has 0 radical (unpaired) electrons. The fraction of sp³-hybridized carbons (Fsp3) is 0.444. The SMILES string of the molecule is O=C1NC(=Cc2ccc(Cl)cc2)C(=O)N1CCCCCCCCCl. The second-order valence-corrected chi connectivity index (χ2v) is 6.62. The molecule has 0 spiro atoms. The van der Waals surface area contributed by atoms with E-state index in [0.717, 1.165) is 44.1 Å². The van der Waals surface area contributed by atoms with E-state index >= 15 is 0 Å². The molecule has 1 heterocycles. The monoisotopic (exact) mass is 368 g/mol. The molecule has 0 aromatic heterocycles. The molecule has 1 aliphatic heterocycles. The lowest BCUT2D eigenvalue weighted by atomic mass is 10.1. The summed E-state index contributed by atoms with van der Waals surface area (Å²) in [6.45, 7) is 0.456. The minimum Gasteiger partial charge on any atom is -0.303 e. The van der Waals surface area contributed by atoms with E-state index in [4.69, 9.17) is 23.2 Å². The Morgan fingerprint density at radius 2 is 1.58 bits per heavy atom. The molecule has 1 aromatic carbocycles. The van der Waals surface area contributed by atoms with Crippen molar-refractivity contribution < 1.29 is 9.59 Å². The Bertz CT molecular complexity index is 600. The predicted molar refractivity (Wildman–Crippen MR) is 98.1 cm³/mol. The van der Waals surface area contributed by atoms with Gasteiger partial charge in [0.1, 0.15) is 5.70 Å². The van der Waals surface area contributed by atoms with E-state index in [0.29, 0.717) is 23.1 Å². The van der Waals surface area contributed by atoms with E-state index < -0.39 is 0 Å². The zero-order valence-corrected chi connectivity index (χ0v) is 15.1. The summed E-state index contributed by atoms with van der Waals surface area (Å²) in [6, 6.07) is 6.76. The van der Waals surface area contributed by atoms with Gasteiger partial charge in [-0.3, -0.25) is 9.69 Å². The van der Waals surface area contributed by atoms with Gasteiger partial charge in [0.15, 0.2) is 0 Å². The summed E-state index contributed by atoms with van der Waals surface area (Å²) in [7, 11) is 0. The van der Waals surface area contributed by atoms with Gasteiger partial charge in [-0.1, -0.05) is 49.4 Å². The van der Waals surface area contributed by atoms with Gasteiger partial charge < -0.3 is 5.32 Å². The highest BCUT2D eigenvalue weighted by atomic mass is 35.5. The zero-order chi connectivity index (χ0) is 17.4. The molecule has 4 nitrogen and oxygen atoms in total. The van der Waals surface area contributed by atoms with Gasteiger partial charge in [0.25, 0.3) is 5.91 Å². The molecule has 1 aliphatic rings. The third kappa shape index (κ3) is 5.53. The lowest BCUT2D eigenvalue weighted by Gasteiger charge is -2.11. The van der Waals surface area contributed by atoms with E-state index in [-0.39, 0.29) is 11.9 Å². The number of imide groups is 1. The highest BCUT2D eigenvalue weighted by Crippen LogP contribution is 2.17. The predicted octanol–water partition coefficient (Wildman–Crippen LogP) is 4.81. The maximum Gasteiger partial charge on any atom is 0.329 e. The van der Waals surface area contributed by atoms with E-state index in [1.807, 2.05) is 0 Å². The second-order valence-electron chi connectivity index (χ2n) is 5.81. The van der Waals surface area contributed by atoms with Gasteiger partial charge in [-0.2, -0.15) is 0 Å². The minimum atomic E-state index is -0.345. The van der Waals surface area contributed by atoms with Crippen LogP contribution in [0.1, 0.15) is 44.1 Å². The molecule has 1 N–H and O–H groups in total. The van der Waals surface area contributed by atoms with Crippen LogP contribution in [0.5, 0.6) is 0 Å². The average molecular weight is 369 g/mol. The van der Waals surface area contributed by atoms with E-state index in [1.165, 1.54) is 4.90 Å². The lowest BCUT2D eigenvalue weighted by molar-refractivity contribution is -0.122. The molecule has 1 saturated heterocycles. The Balaban J connectivity index is 1.82. The fourth-order valence-electron chi connectivity index (χ4n) is 2.57. The quantitative estimate of drug-likeness (QED) is 0.294. The Hall–Kier alpha value is -1.52. The third-order valence-electron chi connectivity index (χ3n) is 3.91. The minimum absolute atomic E-state index is 0.267. The molecule has 24 heavy (non-hydrogen) atoms. The Labute approximate surface area is 152 Å². The Kier molecular flexibility index (Phi) is 7.60. The van der Waals surface area contributed by atoms with Crippen molar-refractivity contribution in [2.75, 3.05) is 12.4 Å².